The molecular formula is C24H31FO3. The molecule has 0 fully saturated rings. The van der Waals surface area contributed by atoms with Crippen LogP contribution in [0.3, 0.4) is 0 Å². The summed E-state index contributed by atoms with van der Waals surface area (Å²) < 4.78 is 24.7. The van der Waals surface area contributed by atoms with Gasteiger partial charge < -0.3 is 9.47 Å². The second-order valence-corrected chi connectivity index (χ2v) is 7.06. The van der Waals surface area contributed by atoms with Gasteiger partial charge in [-0.05, 0) is 48.6 Å². The second kappa shape index (κ2) is 12.2. The Kier molecular flexibility index (Phi) is 9.53. The summed E-state index contributed by atoms with van der Waals surface area (Å²) in [6.07, 6.45) is 7.75. The van der Waals surface area contributed by atoms with E-state index in [0.717, 1.165) is 62.5 Å². The Bertz CT molecular complexity index is 725. The molecule has 2 rings (SSSR count). The van der Waals surface area contributed by atoms with E-state index in [-0.39, 0.29) is 5.82 Å². The van der Waals surface area contributed by atoms with Gasteiger partial charge in [-0.2, -0.15) is 0 Å². The smallest absolute Gasteiger partial charge is 0.434 e. The molecule has 0 spiro atoms. The summed E-state index contributed by atoms with van der Waals surface area (Å²) >= 11 is 0. The van der Waals surface area contributed by atoms with E-state index in [9.17, 15) is 9.18 Å². The zero-order valence-electron chi connectivity index (χ0n) is 17.0. The summed E-state index contributed by atoms with van der Waals surface area (Å²) in [5.41, 5.74) is 2.32. The number of benzene rings is 2. The van der Waals surface area contributed by atoms with Crippen molar-refractivity contribution in [3.8, 4) is 16.9 Å². The monoisotopic (exact) mass is 386 g/mol. The number of aryl methyl sites for hydroxylation is 1. The topological polar surface area (TPSA) is 35.5 Å². The van der Waals surface area contributed by atoms with E-state index in [1.807, 2.05) is 12.1 Å². The third kappa shape index (κ3) is 7.34. The van der Waals surface area contributed by atoms with Gasteiger partial charge in [0.2, 0.25) is 0 Å². The number of halogens is 1. The van der Waals surface area contributed by atoms with Crippen LogP contribution in [0.15, 0.2) is 42.5 Å². The molecule has 0 heterocycles. The van der Waals surface area contributed by atoms with E-state index in [0.29, 0.717) is 17.9 Å². The third-order valence-corrected chi connectivity index (χ3v) is 4.69. The van der Waals surface area contributed by atoms with E-state index >= 15 is 0 Å². The van der Waals surface area contributed by atoms with Crippen LogP contribution in [0.4, 0.5) is 9.18 Å². The molecule has 0 saturated carbocycles. The average molecular weight is 387 g/mol. The van der Waals surface area contributed by atoms with E-state index in [2.05, 4.69) is 13.8 Å². The molecule has 0 aliphatic heterocycles. The minimum absolute atomic E-state index is 0.228. The SMILES string of the molecule is CCCCCCOC(=O)Oc1ccc(-c2ccc(CCCCC)cc2F)cc1. The first-order chi connectivity index (χ1) is 13.6. The fourth-order valence-electron chi connectivity index (χ4n) is 3.04. The summed E-state index contributed by atoms with van der Waals surface area (Å²) in [6, 6.07) is 12.2. The fraction of sp³-hybridized carbons (Fsp3) is 0.458. The normalized spacial score (nSPS) is 10.7. The average Bonchev–Trinajstić information content (AvgIpc) is 2.69. The standard InChI is InChI=1S/C24H31FO3/c1-3-5-7-9-17-27-24(26)28-21-14-12-20(13-15-21)22-16-11-19(18-23(22)25)10-8-6-4-2/h11-16,18H,3-10,17H2,1-2H3. The quantitative estimate of drug-likeness (QED) is 0.230. The van der Waals surface area contributed by atoms with Crippen LogP contribution >= 0.6 is 0 Å². The maximum Gasteiger partial charge on any atom is 0.513 e. The van der Waals surface area contributed by atoms with Crippen molar-refractivity contribution in [2.75, 3.05) is 6.61 Å². The Balaban J connectivity index is 1.88. The Hall–Kier alpha value is -2.36. The van der Waals surface area contributed by atoms with Gasteiger partial charge in [0.15, 0.2) is 0 Å². The zero-order chi connectivity index (χ0) is 20.2. The van der Waals surface area contributed by atoms with Crippen LogP contribution in [0.25, 0.3) is 11.1 Å². The molecule has 0 bridgehead atoms. The lowest BCUT2D eigenvalue weighted by Crippen LogP contribution is -2.11. The van der Waals surface area contributed by atoms with Gasteiger partial charge in [-0.1, -0.05) is 70.2 Å². The highest BCUT2D eigenvalue weighted by Crippen LogP contribution is 2.26. The Morgan fingerprint density at radius 2 is 1.61 bits per heavy atom. The molecule has 0 N–H and O–H groups in total. The number of hydrogen-bond donors (Lipinski definition) is 0. The van der Waals surface area contributed by atoms with Crippen LogP contribution < -0.4 is 4.74 Å². The van der Waals surface area contributed by atoms with Crippen molar-refractivity contribution >= 4 is 6.16 Å². The van der Waals surface area contributed by atoms with Crippen LogP contribution in [0, 0.1) is 5.82 Å². The number of unbranched alkanes of at least 4 members (excludes halogenated alkanes) is 5. The third-order valence-electron chi connectivity index (χ3n) is 4.69. The molecule has 0 unspecified atom stereocenters. The van der Waals surface area contributed by atoms with Gasteiger partial charge in [0, 0.05) is 5.56 Å². The fourth-order valence-corrected chi connectivity index (χ4v) is 3.04. The van der Waals surface area contributed by atoms with Crippen LogP contribution in [0.2, 0.25) is 0 Å². The number of ether oxygens (including phenoxy) is 2. The van der Waals surface area contributed by atoms with Crippen molar-refractivity contribution in [3.05, 3.63) is 53.8 Å². The maximum atomic E-state index is 14.5. The molecule has 4 heteroatoms. The molecule has 0 radical (unpaired) electrons. The van der Waals surface area contributed by atoms with Crippen molar-refractivity contribution in [2.24, 2.45) is 0 Å². The van der Waals surface area contributed by atoms with Crippen molar-refractivity contribution in [1.82, 2.24) is 0 Å². The highest BCUT2D eigenvalue weighted by molar-refractivity contribution is 5.67. The number of rotatable bonds is 11. The van der Waals surface area contributed by atoms with Crippen LogP contribution in [0.5, 0.6) is 5.75 Å². The summed E-state index contributed by atoms with van der Waals surface area (Å²) in [4.78, 5) is 11.7. The highest BCUT2D eigenvalue weighted by atomic mass is 19.1. The van der Waals surface area contributed by atoms with Crippen LogP contribution in [-0.4, -0.2) is 12.8 Å². The Morgan fingerprint density at radius 1 is 0.893 bits per heavy atom. The van der Waals surface area contributed by atoms with Crippen molar-refractivity contribution in [1.29, 1.82) is 0 Å². The lowest BCUT2D eigenvalue weighted by Gasteiger charge is -2.09. The number of carbonyl (C=O) groups is 1. The maximum absolute atomic E-state index is 14.5. The van der Waals surface area contributed by atoms with Crippen LogP contribution in [-0.2, 0) is 11.2 Å². The predicted molar refractivity (Wildman–Crippen MR) is 111 cm³/mol. The summed E-state index contributed by atoms with van der Waals surface area (Å²) in [5, 5.41) is 0. The lowest BCUT2D eigenvalue weighted by molar-refractivity contribution is 0.0973. The minimum atomic E-state index is -0.702. The van der Waals surface area contributed by atoms with Crippen molar-refractivity contribution < 1.29 is 18.7 Å². The van der Waals surface area contributed by atoms with Crippen molar-refractivity contribution in [2.45, 2.75) is 65.2 Å². The molecule has 0 saturated heterocycles. The number of carbonyl (C=O) groups excluding carboxylic acids is 1. The predicted octanol–water partition coefficient (Wildman–Crippen LogP) is 7.32. The summed E-state index contributed by atoms with van der Waals surface area (Å²) in [7, 11) is 0. The molecule has 28 heavy (non-hydrogen) atoms. The van der Waals surface area contributed by atoms with Crippen molar-refractivity contribution in [3.63, 3.8) is 0 Å². The highest BCUT2D eigenvalue weighted by Gasteiger charge is 2.09. The molecule has 0 aliphatic rings. The van der Waals surface area contributed by atoms with Gasteiger partial charge >= 0.3 is 6.16 Å². The van der Waals surface area contributed by atoms with E-state index in [1.54, 1.807) is 30.3 Å². The Labute approximate surface area is 167 Å². The van der Waals surface area contributed by atoms with Gasteiger partial charge in [-0.3, -0.25) is 0 Å². The molecule has 2 aromatic carbocycles. The molecule has 3 nitrogen and oxygen atoms in total. The van der Waals surface area contributed by atoms with E-state index in [4.69, 9.17) is 9.47 Å². The first-order valence-electron chi connectivity index (χ1n) is 10.4. The largest absolute Gasteiger partial charge is 0.513 e. The molecule has 0 aliphatic carbocycles. The minimum Gasteiger partial charge on any atom is -0.434 e. The molecule has 152 valence electrons. The van der Waals surface area contributed by atoms with Gasteiger partial charge in [-0.25, -0.2) is 9.18 Å². The summed E-state index contributed by atoms with van der Waals surface area (Å²) in [5.74, 6) is 0.160. The summed E-state index contributed by atoms with van der Waals surface area (Å²) in [6.45, 7) is 4.66. The van der Waals surface area contributed by atoms with E-state index in [1.165, 1.54) is 0 Å². The van der Waals surface area contributed by atoms with Gasteiger partial charge in [-0.15, -0.1) is 0 Å². The first kappa shape index (κ1) is 21.9. The van der Waals surface area contributed by atoms with E-state index < -0.39 is 6.16 Å². The Morgan fingerprint density at radius 3 is 2.29 bits per heavy atom. The first-order valence-corrected chi connectivity index (χ1v) is 10.4. The van der Waals surface area contributed by atoms with Crippen LogP contribution in [0.1, 0.15) is 64.4 Å². The molecular weight excluding hydrogens is 355 g/mol. The lowest BCUT2D eigenvalue weighted by atomic mass is 10.0. The molecule has 0 aromatic heterocycles. The number of hydrogen-bond acceptors (Lipinski definition) is 3. The second-order valence-electron chi connectivity index (χ2n) is 7.06. The van der Waals surface area contributed by atoms with Gasteiger partial charge in [0.05, 0.1) is 6.61 Å². The molecule has 0 amide bonds. The molecule has 0 atom stereocenters. The molecule has 2 aromatic rings. The van der Waals surface area contributed by atoms with Gasteiger partial charge in [0.25, 0.3) is 0 Å². The zero-order valence-corrected chi connectivity index (χ0v) is 17.0. The van der Waals surface area contributed by atoms with Gasteiger partial charge in [0.1, 0.15) is 11.6 Å².